The molecule has 0 radical (unpaired) electrons. The highest BCUT2D eigenvalue weighted by Gasteiger charge is 2.40. The summed E-state index contributed by atoms with van der Waals surface area (Å²) in [5, 5.41) is 11.9. The van der Waals surface area contributed by atoms with Crippen molar-refractivity contribution >= 4 is 18.0 Å². The lowest BCUT2D eigenvalue weighted by molar-refractivity contribution is -0.143. The van der Waals surface area contributed by atoms with Crippen LogP contribution in [-0.2, 0) is 14.3 Å². The predicted octanol–water partition coefficient (Wildman–Crippen LogP) is 4.16. The van der Waals surface area contributed by atoms with Crippen LogP contribution in [0.2, 0.25) is 0 Å². The van der Waals surface area contributed by atoms with E-state index in [1.165, 1.54) is 6.42 Å². The van der Waals surface area contributed by atoms with Crippen LogP contribution in [-0.4, -0.2) is 53.2 Å². The zero-order valence-corrected chi connectivity index (χ0v) is 19.1. The van der Waals surface area contributed by atoms with E-state index < -0.39 is 24.5 Å². The number of fused-ring (bicyclic) bond motifs is 3. The minimum atomic E-state index is -1.13. The van der Waals surface area contributed by atoms with Crippen molar-refractivity contribution in [2.24, 2.45) is 5.92 Å². The molecule has 7 nitrogen and oxygen atoms in total. The average molecular weight is 463 g/mol. The van der Waals surface area contributed by atoms with Gasteiger partial charge >= 0.3 is 12.1 Å². The molecule has 34 heavy (non-hydrogen) atoms. The van der Waals surface area contributed by atoms with Gasteiger partial charge in [-0.3, -0.25) is 9.59 Å². The number of carbonyl (C=O) groups excluding carboxylic acids is 2. The Hall–Kier alpha value is -3.35. The number of hydrogen-bond donors (Lipinski definition) is 2. The first-order valence-electron chi connectivity index (χ1n) is 12.2. The summed E-state index contributed by atoms with van der Waals surface area (Å²) in [6, 6.07) is 15.1. The molecule has 2 atom stereocenters. The van der Waals surface area contributed by atoms with Gasteiger partial charge in [0.15, 0.2) is 0 Å². The highest BCUT2D eigenvalue weighted by Crippen LogP contribution is 2.44. The third-order valence-corrected chi connectivity index (χ3v) is 7.59. The molecule has 1 aliphatic heterocycles. The Morgan fingerprint density at radius 3 is 2.21 bits per heavy atom. The number of rotatable bonds is 7. The van der Waals surface area contributed by atoms with Crippen LogP contribution in [0.15, 0.2) is 48.5 Å². The van der Waals surface area contributed by atoms with Crippen LogP contribution < -0.4 is 5.32 Å². The number of benzene rings is 2. The Bertz CT molecular complexity index is 1050. The molecule has 178 valence electrons. The number of amides is 2. The molecule has 2 aromatic carbocycles. The van der Waals surface area contributed by atoms with Gasteiger partial charge in [-0.2, -0.15) is 0 Å². The number of aliphatic carboxylic acids is 1. The highest BCUT2D eigenvalue weighted by molar-refractivity contribution is 5.89. The molecule has 0 spiro atoms. The SMILES string of the molecule is O=C(O)CC(NC(=O)OCC1c2ccccc2-c2ccccc21)C(=O)N1CCCC1C1CCC1. The number of likely N-dealkylation sites (tertiary alicyclic amines) is 1. The number of carboxylic acid groups (broad SMARTS) is 1. The first kappa shape index (κ1) is 22.4. The molecular weight excluding hydrogens is 432 g/mol. The van der Waals surface area contributed by atoms with E-state index in [1.807, 2.05) is 36.4 Å². The van der Waals surface area contributed by atoms with E-state index in [9.17, 15) is 19.5 Å². The summed E-state index contributed by atoms with van der Waals surface area (Å²) in [4.78, 5) is 39.2. The van der Waals surface area contributed by atoms with Gasteiger partial charge in [-0.25, -0.2) is 4.79 Å². The molecule has 0 bridgehead atoms. The van der Waals surface area contributed by atoms with Crippen LogP contribution in [0.3, 0.4) is 0 Å². The molecule has 1 saturated carbocycles. The van der Waals surface area contributed by atoms with Crippen LogP contribution in [0.25, 0.3) is 11.1 Å². The van der Waals surface area contributed by atoms with E-state index in [0.717, 1.165) is 47.9 Å². The minimum Gasteiger partial charge on any atom is -0.481 e. The molecular formula is C27H30N2O5. The Morgan fingerprint density at radius 2 is 1.62 bits per heavy atom. The third kappa shape index (κ3) is 4.27. The number of carboxylic acids is 1. The van der Waals surface area contributed by atoms with Gasteiger partial charge in [0.05, 0.1) is 6.42 Å². The minimum absolute atomic E-state index is 0.103. The van der Waals surface area contributed by atoms with Crippen molar-refractivity contribution in [2.75, 3.05) is 13.2 Å². The van der Waals surface area contributed by atoms with Crippen molar-refractivity contribution in [3.63, 3.8) is 0 Å². The number of ether oxygens (including phenoxy) is 1. The summed E-state index contributed by atoms with van der Waals surface area (Å²) in [5.41, 5.74) is 4.44. The monoisotopic (exact) mass is 462 g/mol. The van der Waals surface area contributed by atoms with Crippen molar-refractivity contribution in [1.29, 1.82) is 0 Å². The van der Waals surface area contributed by atoms with Crippen molar-refractivity contribution in [2.45, 2.75) is 56.5 Å². The van der Waals surface area contributed by atoms with Gasteiger partial charge in [0, 0.05) is 18.5 Å². The fraction of sp³-hybridized carbons (Fsp3) is 0.444. The van der Waals surface area contributed by atoms with E-state index >= 15 is 0 Å². The molecule has 5 rings (SSSR count). The summed E-state index contributed by atoms with van der Waals surface area (Å²) in [7, 11) is 0. The Morgan fingerprint density at radius 1 is 0.971 bits per heavy atom. The number of nitrogens with zero attached hydrogens (tertiary/aromatic N) is 1. The van der Waals surface area contributed by atoms with Crippen molar-refractivity contribution in [1.82, 2.24) is 10.2 Å². The molecule has 0 aromatic heterocycles. The van der Waals surface area contributed by atoms with Crippen molar-refractivity contribution in [3.8, 4) is 11.1 Å². The summed E-state index contributed by atoms with van der Waals surface area (Å²) >= 11 is 0. The molecule has 2 aliphatic carbocycles. The number of carbonyl (C=O) groups is 3. The smallest absolute Gasteiger partial charge is 0.407 e. The predicted molar refractivity (Wildman–Crippen MR) is 126 cm³/mol. The molecule has 2 fully saturated rings. The molecule has 2 aromatic rings. The highest BCUT2D eigenvalue weighted by atomic mass is 16.5. The topological polar surface area (TPSA) is 95.9 Å². The second kappa shape index (κ2) is 9.49. The average Bonchev–Trinajstić information content (AvgIpc) is 3.38. The quantitative estimate of drug-likeness (QED) is 0.644. The maximum absolute atomic E-state index is 13.3. The molecule has 2 amide bonds. The molecule has 7 heteroatoms. The standard InChI is InChI=1S/C27H30N2O5/c30-25(31)15-23(26(32)29-14-6-13-24(29)17-7-5-8-17)28-27(33)34-16-22-20-11-3-1-9-18(20)19-10-2-4-12-21(19)22/h1-4,9-12,17,22-24H,5-8,13-16H2,(H,28,33)(H,30,31). The lowest BCUT2D eigenvalue weighted by Gasteiger charge is -2.38. The van der Waals surface area contributed by atoms with E-state index in [-0.39, 0.29) is 24.5 Å². The number of hydrogen-bond acceptors (Lipinski definition) is 4. The number of nitrogens with one attached hydrogen (secondary N) is 1. The Labute approximate surface area is 199 Å². The van der Waals surface area contributed by atoms with Gasteiger partial charge in [-0.1, -0.05) is 55.0 Å². The van der Waals surface area contributed by atoms with Crippen LogP contribution in [0.1, 0.15) is 55.6 Å². The van der Waals surface area contributed by atoms with Gasteiger partial charge < -0.3 is 20.1 Å². The Balaban J connectivity index is 1.26. The van der Waals surface area contributed by atoms with Gasteiger partial charge in [-0.15, -0.1) is 0 Å². The third-order valence-electron chi connectivity index (χ3n) is 7.59. The Kier molecular flexibility index (Phi) is 6.26. The van der Waals surface area contributed by atoms with E-state index in [4.69, 9.17) is 4.74 Å². The summed E-state index contributed by atoms with van der Waals surface area (Å²) in [6.07, 6.45) is 4.03. The zero-order valence-electron chi connectivity index (χ0n) is 19.1. The number of alkyl carbamates (subject to hydrolysis) is 1. The molecule has 1 saturated heterocycles. The second-order valence-corrected chi connectivity index (χ2v) is 9.55. The van der Waals surface area contributed by atoms with Gasteiger partial charge in [0.2, 0.25) is 5.91 Å². The summed E-state index contributed by atoms with van der Waals surface area (Å²) in [6.45, 7) is 0.727. The van der Waals surface area contributed by atoms with Gasteiger partial charge in [-0.05, 0) is 53.9 Å². The van der Waals surface area contributed by atoms with E-state index in [0.29, 0.717) is 12.5 Å². The van der Waals surface area contributed by atoms with Crippen LogP contribution in [0, 0.1) is 5.92 Å². The van der Waals surface area contributed by atoms with Crippen LogP contribution in [0.4, 0.5) is 4.79 Å². The van der Waals surface area contributed by atoms with Gasteiger partial charge in [0.1, 0.15) is 12.6 Å². The zero-order chi connectivity index (χ0) is 23.7. The van der Waals surface area contributed by atoms with Crippen molar-refractivity contribution < 1.29 is 24.2 Å². The molecule has 3 aliphatic rings. The lowest BCUT2D eigenvalue weighted by atomic mass is 9.78. The van der Waals surface area contributed by atoms with E-state index in [1.54, 1.807) is 4.90 Å². The molecule has 2 N–H and O–H groups in total. The summed E-state index contributed by atoms with van der Waals surface area (Å²) in [5.74, 6) is -1.05. The van der Waals surface area contributed by atoms with Gasteiger partial charge in [0.25, 0.3) is 0 Å². The summed E-state index contributed by atoms with van der Waals surface area (Å²) < 4.78 is 5.56. The lowest BCUT2D eigenvalue weighted by Crippen LogP contribution is -2.53. The maximum Gasteiger partial charge on any atom is 0.407 e. The fourth-order valence-electron chi connectivity index (χ4n) is 5.74. The maximum atomic E-state index is 13.3. The second-order valence-electron chi connectivity index (χ2n) is 9.55. The van der Waals surface area contributed by atoms with Crippen LogP contribution in [0.5, 0.6) is 0 Å². The van der Waals surface area contributed by atoms with Crippen molar-refractivity contribution in [3.05, 3.63) is 59.7 Å². The molecule has 1 heterocycles. The normalized spacial score (nSPS) is 20.2. The first-order valence-corrected chi connectivity index (χ1v) is 12.2. The first-order chi connectivity index (χ1) is 16.5. The van der Waals surface area contributed by atoms with Crippen LogP contribution >= 0.6 is 0 Å². The largest absolute Gasteiger partial charge is 0.481 e. The fourth-order valence-corrected chi connectivity index (χ4v) is 5.74. The van der Waals surface area contributed by atoms with E-state index in [2.05, 4.69) is 17.4 Å². The molecule has 2 unspecified atom stereocenters.